The largest absolute Gasteiger partial charge is 0.463 e. The lowest BCUT2D eigenvalue weighted by Gasteiger charge is -2.50. The number of thioether (sulfide) groups is 1. The molecular formula is C19H25NO7S. The van der Waals surface area contributed by atoms with E-state index >= 15 is 0 Å². The number of nitrogens with zero attached hydrogens (tertiary/aromatic N) is 1. The van der Waals surface area contributed by atoms with Crippen molar-refractivity contribution in [2.75, 3.05) is 4.90 Å². The van der Waals surface area contributed by atoms with Crippen molar-refractivity contribution in [2.45, 2.75) is 70.3 Å². The average Bonchev–Trinajstić information content (AvgIpc) is 3.19. The van der Waals surface area contributed by atoms with E-state index in [4.69, 9.17) is 23.7 Å². The monoisotopic (exact) mass is 411 g/mol. The third-order valence-electron chi connectivity index (χ3n) is 4.79. The van der Waals surface area contributed by atoms with E-state index in [1.54, 1.807) is 31.7 Å². The topological polar surface area (TPSA) is 94.0 Å². The second kappa shape index (κ2) is 6.22. The molecule has 0 aromatic carbocycles. The van der Waals surface area contributed by atoms with Gasteiger partial charge in [0.15, 0.2) is 11.2 Å². The minimum Gasteiger partial charge on any atom is -0.463 e. The highest BCUT2D eigenvalue weighted by atomic mass is 32.2. The highest BCUT2D eigenvalue weighted by Gasteiger charge is 2.64. The van der Waals surface area contributed by atoms with Crippen molar-refractivity contribution >= 4 is 29.3 Å². The molecule has 3 atom stereocenters. The van der Waals surface area contributed by atoms with Crippen LogP contribution in [0.2, 0.25) is 0 Å². The van der Waals surface area contributed by atoms with Crippen molar-refractivity contribution in [1.82, 2.24) is 0 Å². The Kier molecular flexibility index (Phi) is 4.39. The van der Waals surface area contributed by atoms with Gasteiger partial charge < -0.3 is 13.9 Å². The predicted molar refractivity (Wildman–Crippen MR) is 99.7 cm³/mol. The van der Waals surface area contributed by atoms with Crippen LogP contribution >= 0.6 is 11.8 Å². The summed E-state index contributed by atoms with van der Waals surface area (Å²) in [7, 11) is 0. The maximum Gasteiger partial charge on any atom is 0.346 e. The van der Waals surface area contributed by atoms with Crippen molar-refractivity contribution in [3.8, 4) is 0 Å². The summed E-state index contributed by atoms with van der Waals surface area (Å²) in [5.74, 6) is -1.60. The van der Waals surface area contributed by atoms with E-state index in [0.717, 1.165) is 0 Å². The number of carbonyl (C=O) groups is 2. The molecule has 0 radical (unpaired) electrons. The third kappa shape index (κ3) is 3.24. The van der Waals surface area contributed by atoms with Crippen LogP contribution in [0.15, 0.2) is 16.7 Å². The molecule has 1 aromatic heterocycles. The number of ether oxygens (including phenoxy) is 2. The van der Waals surface area contributed by atoms with Crippen LogP contribution in [0.5, 0.6) is 0 Å². The molecule has 1 aromatic rings. The lowest BCUT2D eigenvalue weighted by molar-refractivity contribution is -0.158. The van der Waals surface area contributed by atoms with Gasteiger partial charge in [-0.25, -0.2) is 0 Å². The molecule has 1 amide bonds. The summed E-state index contributed by atoms with van der Waals surface area (Å²) in [6.45, 7) is 11.2. The molecule has 0 saturated carbocycles. The Labute approximate surface area is 167 Å². The van der Waals surface area contributed by atoms with Gasteiger partial charge in [-0.2, -0.15) is 9.78 Å². The molecule has 4 rings (SSSR count). The van der Waals surface area contributed by atoms with Gasteiger partial charge in [0.1, 0.15) is 5.60 Å². The molecule has 4 heterocycles. The number of hydrogen-bond donors (Lipinski definition) is 0. The summed E-state index contributed by atoms with van der Waals surface area (Å²) in [6, 6.07) is 1.73. The number of amides is 1. The molecule has 28 heavy (non-hydrogen) atoms. The number of furan rings is 1. The molecule has 3 aliphatic rings. The van der Waals surface area contributed by atoms with E-state index in [-0.39, 0.29) is 23.7 Å². The van der Waals surface area contributed by atoms with Gasteiger partial charge in [0.2, 0.25) is 5.91 Å². The Bertz CT molecular complexity index is 802. The first-order valence-corrected chi connectivity index (χ1v) is 10.2. The zero-order chi connectivity index (χ0) is 20.5. The van der Waals surface area contributed by atoms with Gasteiger partial charge in [0.25, 0.3) is 0 Å². The first-order valence-electron chi connectivity index (χ1n) is 9.24. The molecular weight excluding hydrogens is 386 g/mol. The van der Waals surface area contributed by atoms with Gasteiger partial charge in [-0.3, -0.25) is 14.5 Å². The van der Waals surface area contributed by atoms with E-state index in [1.807, 2.05) is 20.8 Å². The van der Waals surface area contributed by atoms with E-state index in [1.165, 1.54) is 18.0 Å². The second-order valence-electron chi connectivity index (χ2n) is 9.22. The summed E-state index contributed by atoms with van der Waals surface area (Å²) in [4.78, 5) is 36.9. The molecule has 0 bridgehead atoms. The van der Waals surface area contributed by atoms with Gasteiger partial charge in [0.05, 0.1) is 29.7 Å². The standard InChI is InChI=1S/C19H25NO7S/c1-17(2,3)19(26-27-19)25-16-13-11(7-8-23-13)20-14(22)10(15(20)28-16)9-12(21)24-18(4,5)6/h7-8,10,15-16H,9H2,1-6H3/t10?,15-,16?/m0/s1. The van der Waals surface area contributed by atoms with Crippen LogP contribution in [0, 0.1) is 11.3 Å². The maximum absolute atomic E-state index is 12.7. The first-order chi connectivity index (χ1) is 12.9. The molecule has 154 valence electrons. The maximum atomic E-state index is 12.7. The number of hydrogen-bond acceptors (Lipinski definition) is 8. The Hall–Kier alpha value is -1.55. The average molecular weight is 411 g/mol. The number of rotatable bonds is 4. The van der Waals surface area contributed by atoms with Crippen LogP contribution in [0.25, 0.3) is 0 Å². The van der Waals surface area contributed by atoms with Crippen molar-refractivity contribution in [3.63, 3.8) is 0 Å². The fourth-order valence-electron chi connectivity index (χ4n) is 3.29. The molecule has 8 nitrogen and oxygen atoms in total. The number of esters is 1. The number of β-lactam (4-membered cyclic amide) rings is 1. The summed E-state index contributed by atoms with van der Waals surface area (Å²) in [5, 5.41) is -0.245. The van der Waals surface area contributed by atoms with Crippen molar-refractivity contribution < 1.29 is 33.3 Å². The van der Waals surface area contributed by atoms with Crippen LogP contribution in [-0.2, 0) is 28.8 Å². The van der Waals surface area contributed by atoms with Crippen LogP contribution in [-0.4, -0.2) is 28.8 Å². The highest BCUT2D eigenvalue weighted by molar-refractivity contribution is 8.00. The molecule has 9 heteroatoms. The normalized spacial score (nSPS) is 28.3. The van der Waals surface area contributed by atoms with Crippen LogP contribution in [0.4, 0.5) is 5.69 Å². The molecule has 2 fully saturated rings. The van der Waals surface area contributed by atoms with Gasteiger partial charge in [-0.1, -0.05) is 32.5 Å². The van der Waals surface area contributed by atoms with Gasteiger partial charge >= 0.3 is 11.9 Å². The summed E-state index contributed by atoms with van der Waals surface area (Å²) in [6.07, 6.45) is 1.55. The molecule has 3 aliphatic heterocycles. The Morgan fingerprint density at radius 2 is 1.93 bits per heavy atom. The van der Waals surface area contributed by atoms with Gasteiger partial charge in [-0.05, 0) is 20.8 Å². The Balaban J connectivity index is 1.52. The zero-order valence-electron chi connectivity index (χ0n) is 16.8. The molecule has 0 N–H and O–H groups in total. The van der Waals surface area contributed by atoms with Crippen LogP contribution in [0.3, 0.4) is 0 Å². The summed E-state index contributed by atoms with van der Waals surface area (Å²) < 4.78 is 17.1. The molecule has 2 unspecified atom stereocenters. The van der Waals surface area contributed by atoms with Gasteiger partial charge in [-0.15, -0.1) is 0 Å². The SMILES string of the molecule is CC(C)(C)OC(=O)CC1C(=O)N2c3ccoc3C(OC3(C(C)(C)C)OO3)S[C@@H]12. The number of fused-ring (bicyclic) bond motifs is 3. The fraction of sp³-hybridized carbons (Fsp3) is 0.684. The highest BCUT2D eigenvalue weighted by Crippen LogP contribution is 2.58. The molecule has 2 saturated heterocycles. The minimum atomic E-state index is -1.16. The third-order valence-corrected chi connectivity index (χ3v) is 6.16. The number of anilines is 1. The smallest absolute Gasteiger partial charge is 0.346 e. The summed E-state index contributed by atoms with van der Waals surface area (Å²) in [5.41, 5.74) is -0.874. The lowest BCUT2D eigenvalue weighted by atomic mass is 9.93. The quantitative estimate of drug-likeness (QED) is 0.320. The van der Waals surface area contributed by atoms with Gasteiger partial charge in [0, 0.05) is 11.5 Å². The Morgan fingerprint density at radius 3 is 2.50 bits per heavy atom. The fourth-order valence-corrected chi connectivity index (χ4v) is 4.77. The van der Waals surface area contributed by atoms with Crippen LogP contribution < -0.4 is 4.90 Å². The van der Waals surface area contributed by atoms with E-state index in [0.29, 0.717) is 11.4 Å². The second-order valence-corrected chi connectivity index (χ2v) is 10.4. The first kappa shape index (κ1) is 19.8. The van der Waals surface area contributed by atoms with E-state index in [9.17, 15) is 9.59 Å². The number of carbonyl (C=O) groups excluding carboxylic acids is 2. The molecule has 0 spiro atoms. The minimum absolute atomic E-state index is 0.0294. The van der Waals surface area contributed by atoms with Crippen molar-refractivity contribution in [3.05, 3.63) is 18.1 Å². The zero-order valence-corrected chi connectivity index (χ0v) is 17.6. The lowest BCUT2D eigenvalue weighted by Crippen LogP contribution is -2.62. The van der Waals surface area contributed by atoms with Crippen molar-refractivity contribution in [2.24, 2.45) is 11.3 Å². The van der Waals surface area contributed by atoms with E-state index in [2.05, 4.69) is 0 Å². The molecule has 0 aliphatic carbocycles. The Morgan fingerprint density at radius 1 is 1.25 bits per heavy atom. The van der Waals surface area contributed by atoms with E-state index < -0.39 is 28.3 Å². The van der Waals surface area contributed by atoms with Crippen LogP contribution in [0.1, 0.15) is 59.2 Å². The summed E-state index contributed by atoms with van der Waals surface area (Å²) >= 11 is 1.40. The predicted octanol–water partition coefficient (Wildman–Crippen LogP) is 3.72. The van der Waals surface area contributed by atoms with Crippen molar-refractivity contribution in [1.29, 1.82) is 0 Å².